The van der Waals surface area contributed by atoms with Crippen LogP contribution in [0.15, 0.2) is 25.3 Å². The van der Waals surface area contributed by atoms with Crippen LogP contribution < -0.4 is 0 Å². The monoisotopic (exact) mass is 489 g/mol. The Bertz CT molecular complexity index is 813. The van der Waals surface area contributed by atoms with E-state index in [-0.39, 0.29) is 30.4 Å². The first kappa shape index (κ1) is 27.4. The average Bonchev–Trinajstić information content (AvgIpc) is 3.49. The second-order valence-electron chi connectivity index (χ2n) is 10.0. The number of hydrogen-bond donors (Lipinski definition) is 1. The van der Waals surface area contributed by atoms with Crippen LogP contribution >= 0.6 is 0 Å². The lowest BCUT2D eigenvalue weighted by Crippen LogP contribution is -2.58. The molecular formula is C27H43N3O5. The van der Waals surface area contributed by atoms with E-state index in [2.05, 4.69) is 20.1 Å². The molecule has 2 bridgehead atoms. The molecule has 3 amide bonds. The van der Waals surface area contributed by atoms with Crippen molar-refractivity contribution in [3.63, 3.8) is 0 Å². The molecule has 0 aromatic carbocycles. The van der Waals surface area contributed by atoms with Gasteiger partial charge in [-0.2, -0.15) is 0 Å². The van der Waals surface area contributed by atoms with E-state index in [9.17, 15) is 19.5 Å². The summed E-state index contributed by atoms with van der Waals surface area (Å²) in [6.45, 7) is 15.3. The number of fused-ring (bicyclic) bond motifs is 1. The summed E-state index contributed by atoms with van der Waals surface area (Å²) in [7, 11) is 0. The molecule has 0 saturated carbocycles. The zero-order valence-electron chi connectivity index (χ0n) is 21.7. The van der Waals surface area contributed by atoms with Gasteiger partial charge in [-0.3, -0.25) is 14.4 Å². The summed E-state index contributed by atoms with van der Waals surface area (Å²) >= 11 is 0. The van der Waals surface area contributed by atoms with Crippen LogP contribution in [-0.2, 0) is 19.1 Å². The van der Waals surface area contributed by atoms with E-state index < -0.39 is 29.5 Å². The van der Waals surface area contributed by atoms with Crippen molar-refractivity contribution >= 4 is 17.7 Å². The van der Waals surface area contributed by atoms with Gasteiger partial charge >= 0.3 is 0 Å². The predicted octanol–water partition coefficient (Wildman–Crippen LogP) is 2.37. The second-order valence-corrected chi connectivity index (χ2v) is 10.0. The van der Waals surface area contributed by atoms with Crippen molar-refractivity contribution in [3.8, 4) is 0 Å². The number of carbonyl (C=O) groups excluding carboxylic acids is 3. The lowest BCUT2D eigenvalue weighted by atomic mass is 9.70. The topological polar surface area (TPSA) is 90.4 Å². The highest BCUT2D eigenvalue weighted by Crippen LogP contribution is 2.59. The molecule has 3 saturated heterocycles. The first-order valence-electron chi connectivity index (χ1n) is 13.3. The summed E-state index contributed by atoms with van der Waals surface area (Å²) in [4.78, 5) is 46.9. The third-order valence-corrected chi connectivity index (χ3v) is 7.93. The predicted molar refractivity (Wildman–Crippen MR) is 134 cm³/mol. The molecule has 3 heterocycles. The minimum Gasteiger partial charge on any atom is -0.394 e. The van der Waals surface area contributed by atoms with Crippen molar-refractivity contribution in [3.05, 3.63) is 25.3 Å². The summed E-state index contributed by atoms with van der Waals surface area (Å²) in [5.74, 6) is -1.86. The van der Waals surface area contributed by atoms with Crippen LogP contribution in [0.1, 0.15) is 59.3 Å². The minimum atomic E-state index is -1.04. The molecule has 3 rings (SSSR count). The van der Waals surface area contributed by atoms with E-state index in [0.29, 0.717) is 45.4 Å². The van der Waals surface area contributed by atoms with Gasteiger partial charge in [0.2, 0.25) is 17.7 Å². The van der Waals surface area contributed by atoms with Gasteiger partial charge in [-0.05, 0) is 32.1 Å². The van der Waals surface area contributed by atoms with Gasteiger partial charge in [-0.15, -0.1) is 13.2 Å². The second kappa shape index (κ2) is 11.7. The number of rotatable bonds is 14. The zero-order valence-corrected chi connectivity index (χ0v) is 21.7. The Morgan fingerprint density at radius 2 is 1.80 bits per heavy atom. The van der Waals surface area contributed by atoms with Crippen LogP contribution in [0, 0.1) is 11.8 Å². The fourth-order valence-electron chi connectivity index (χ4n) is 6.36. The van der Waals surface area contributed by atoms with Crippen molar-refractivity contribution < 1.29 is 24.2 Å². The zero-order chi connectivity index (χ0) is 25.8. The van der Waals surface area contributed by atoms with E-state index >= 15 is 0 Å². The smallest absolute Gasteiger partial charge is 0.248 e. The Hall–Kier alpha value is -2.19. The van der Waals surface area contributed by atoms with Gasteiger partial charge in [0.25, 0.3) is 0 Å². The van der Waals surface area contributed by atoms with Crippen LogP contribution in [0.5, 0.6) is 0 Å². The van der Waals surface area contributed by atoms with Crippen molar-refractivity contribution in [1.29, 1.82) is 0 Å². The largest absolute Gasteiger partial charge is 0.394 e. The van der Waals surface area contributed by atoms with Crippen LogP contribution in [0.2, 0.25) is 0 Å². The van der Waals surface area contributed by atoms with Crippen molar-refractivity contribution in [1.82, 2.24) is 14.7 Å². The van der Waals surface area contributed by atoms with Gasteiger partial charge < -0.3 is 24.5 Å². The Labute approximate surface area is 210 Å². The number of aliphatic hydroxyl groups excluding tert-OH is 1. The lowest BCUT2D eigenvalue weighted by Gasteiger charge is -2.39. The maximum Gasteiger partial charge on any atom is 0.248 e. The van der Waals surface area contributed by atoms with Gasteiger partial charge in [0, 0.05) is 26.2 Å². The van der Waals surface area contributed by atoms with Crippen LogP contribution in [-0.4, -0.2) is 94.1 Å². The van der Waals surface area contributed by atoms with Crippen molar-refractivity contribution in [2.45, 2.75) is 83.1 Å². The van der Waals surface area contributed by atoms with Crippen LogP contribution in [0.25, 0.3) is 0 Å². The van der Waals surface area contributed by atoms with E-state index in [1.807, 2.05) is 13.8 Å². The molecule has 3 aliphatic heterocycles. The van der Waals surface area contributed by atoms with Gasteiger partial charge in [0.15, 0.2) is 0 Å². The fraction of sp³-hybridized carbons (Fsp3) is 0.741. The van der Waals surface area contributed by atoms with Gasteiger partial charge in [0.1, 0.15) is 11.6 Å². The molecule has 1 spiro atoms. The number of likely N-dealkylation sites (tertiary alicyclic amines) is 1. The Balaban J connectivity index is 2.05. The summed E-state index contributed by atoms with van der Waals surface area (Å²) in [6, 6.07) is -1.36. The lowest BCUT2D eigenvalue weighted by molar-refractivity contribution is -0.152. The molecule has 6 atom stereocenters. The first-order valence-corrected chi connectivity index (χ1v) is 13.3. The summed E-state index contributed by atoms with van der Waals surface area (Å²) in [6.07, 6.45) is 7.28. The maximum atomic E-state index is 14.1. The average molecular weight is 490 g/mol. The van der Waals surface area contributed by atoms with E-state index in [0.717, 1.165) is 19.3 Å². The normalized spacial score (nSPS) is 29.7. The highest BCUT2D eigenvalue weighted by atomic mass is 16.5. The van der Waals surface area contributed by atoms with Crippen LogP contribution in [0.3, 0.4) is 0 Å². The van der Waals surface area contributed by atoms with Crippen molar-refractivity contribution in [2.75, 3.05) is 32.8 Å². The third kappa shape index (κ3) is 4.67. The van der Waals surface area contributed by atoms with E-state index in [1.165, 1.54) is 0 Å². The minimum absolute atomic E-state index is 0.101. The molecule has 196 valence electrons. The number of hydrogen-bond acceptors (Lipinski definition) is 5. The first-order chi connectivity index (χ1) is 16.9. The Kier molecular flexibility index (Phi) is 9.16. The number of aliphatic hydroxyl groups is 1. The molecule has 0 aliphatic carbocycles. The van der Waals surface area contributed by atoms with E-state index in [4.69, 9.17) is 4.74 Å². The maximum absolute atomic E-state index is 14.1. The van der Waals surface area contributed by atoms with E-state index in [1.54, 1.807) is 26.9 Å². The highest BCUT2D eigenvalue weighted by molar-refractivity contribution is 5.99. The number of ether oxygens (including phenoxy) is 1. The standard InChI is InChI=1S/C27H43N3O5/c1-6-11-17-29(16-9-4)26(34)23-27-13-12-20(35-27)21(24(32)28(14-7-2)15-8-3)22(27)25(33)30(23)19(10-5)18-31/h7,9,19-23,31H,2,4,6,8,10-18H2,1,3,5H3/t19-,20-,21+,22-,23?,27?/m0/s1. The summed E-state index contributed by atoms with van der Waals surface area (Å²) < 4.78 is 6.54. The van der Waals surface area contributed by atoms with Crippen molar-refractivity contribution in [2.24, 2.45) is 11.8 Å². The van der Waals surface area contributed by atoms with Gasteiger partial charge in [0.05, 0.1) is 30.6 Å². The fourth-order valence-corrected chi connectivity index (χ4v) is 6.36. The molecule has 8 heteroatoms. The molecule has 3 fully saturated rings. The van der Waals surface area contributed by atoms with Crippen LogP contribution in [0.4, 0.5) is 0 Å². The molecule has 3 aliphatic rings. The molecule has 8 nitrogen and oxygen atoms in total. The molecule has 2 unspecified atom stereocenters. The molecule has 0 aromatic rings. The molecule has 1 N–H and O–H groups in total. The summed E-state index contributed by atoms with van der Waals surface area (Å²) in [5.41, 5.74) is -1.04. The number of nitrogens with zero attached hydrogens (tertiary/aromatic N) is 3. The molecular weight excluding hydrogens is 446 g/mol. The summed E-state index contributed by atoms with van der Waals surface area (Å²) in [5, 5.41) is 10.2. The highest BCUT2D eigenvalue weighted by Gasteiger charge is 2.75. The van der Waals surface area contributed by atoms with Gasteiger partial charge in [-0.25, -0.2) is 0 Å². The SMILES string of the molecule is C=CCN(CCCC)C(=O)C1N([C@@H](CC)CO)C(=O)[C@@H]2[C@H](C(=O)N(CC=C)CCC)[C@@H]3CCC12O3. The quantitative estimate of drug-likeness (QED) is 0.379. The number of amides is 3. The molecule has 35 heavy (non-hydrogen) atoms. The Morgan fingerprint density at radius 3 is 2.34 bits per heavy atom. The van der Waals surface area contributed by atoms with Gasteiger partial charge in [-0.1, -0.05) is 39.3 Å². The Morgan fingerprint density at radius 1 is 1.14 bits per heavy atom. The third-order valence-electron chi connectivity index (χ3n) is 7.93. The number of unbranched alkanes of at least 4 members (excludes halogenated alkanes) is 1. The molecule has 0 aromatic heterocycles. The molecule has 0 radical (unpaired) electrons. The number of carbonyl (C=O) groups is 3.